The van der Waals surface area contributed by atoms with Gasteiger partial charge in [0, 0.05) is 25.1 Å². The number of alkyl halides is 3. The summed E-state index contributed by atoms with van der Waals surface area (Å²) < 4.78 is 57.2. The van der Waals surface area contributed by atoms with Crippen LogP contribution in [0.5, 0.6) is 0 Å². The van der Waals surface area contributed by atoms with Crippen molar-refractivity contribution in [2.75, 3.05) is 19.7 Å². The topological polar surface area (TPSA) is 64.1 Å². The summed E-state index contributed by atoms with van der Waals surface area (Å²) in [6.45, 7) is 1.69. The Morgan fingerprint density at radius 1 is 1.27 bits per heavy atom. The normalized spacial score (nSPS) is 17.9. The summed E-state index contributed by atoms with van der Waals surface area (Å²) in [7, 11) is 0. The number of hydrogen-bond donors (Lipinski definition) is 1. The van der Waals surface area contributed by atoms with Crippen molar-refractivity contribution in [3.05, 3.63) is 58.9 Å². The first-order chi connectivity index (χ1) is 12.3. The molecule has 0 spiro atoms. The summed E-state index contributed by atoms with van der Waals surface area (Å²) in [6, 6.07) is 4.36. The van der Waals surface area contributed by atoms with Gasteiger partial charge in [-0.05, 0) is 11.6 Å². The van der Waals surface area contributed by atoms with Gasteiger partial charge in [-0.25, -0.2) is 14.4 Å². The highest BCUT2D eigenvalue weighted by Crippen LogP contribution is 2.27. The van der Waals surface area contributed by atoms with Crippen molar-refractivity contribution in [2.24, 2.45) is 0 Å². The molecule has 5 nitrogen and oxygen atoms in total. The number of halogens is 4. The number of carbonyl (C=O) groups is 1. The fourth-order valence-corrected chi connectivity index (χ4v) is 2.60. The fourth-order valence-electron chi connectivity index (χ4n) is 2.60. The number of ketones is 1. The summed E-state index contributed by atoms with van der Waals surface area (Å²) in [5.41, 5.74) is -0.600. The van der Waals surface area contributed by atoms with Crippen molar-refractivity contribution in [3.8, 4) is 0 Å². The first kappa shape index (κ1) is 18.4. The van der Waals surface area contributed by atoms with Crippen LogP contribution in [0.15, 0.2) is 30.6 Å². The molecule has 1 aliphatic heterocycles. The SMILES string of the molecule is O=C(Cc1ccc([C@@H]2CNCCO2)c(F)c1)c1cnc(C(F)(F)F)cn1. The van der Waals surface area contributed by atoms with Crippen LogP contribution in [0.4, 0.5) is 17.6 Å². The Kier molecular flexibility index (Phi) is 5.28. The number of carbonyl (C=O) groups excluding carboxylic acids is 1. The predicted octanol–water partition coefficient (Wildman–Crippen LogP) is 2.72. The van der Waals surface area contributed by atoms with Gasteiger partial charge in [-0.2, -0.15) is 13.2 Å². The van der Waals surface area contributed by atoms with Crippen molar-refractivity contribution in [1.82, 2.24) is 15.3 Å². The minimum atomic E-state index is -4.62. The van der Waals surface area contributed by atoms with E-state index in [1.807, 2.05) is 0 Å². The van der Waals surface area contributed by atoms with Crippen molar-refractivity contribution in [1.29, 1.82) is 0 Å². The second kappa shape index (κ2) is 7.46. The number of nitrogens with zero attached hydrogens (tertiary/aromatic N) is 2. The Morgan fingerprint density at radius 2 is 2.08 bits per heavy atom. The number of ether oxygens (including phenoxy) is 1. The molecule has 1 N–H and O–H groups in total. The zero-order chi connectivity index (χ0) is 18.7. The molecular formula is C17H15F4N3O2. The average molecular weight is 369 g/mol. The Labute approximate surface area is 146 Å². The van der Waals surface area contributed by atoms with Gasteiger partial charge in [0.25, 0.3) is 0 Å². The molecule has 26 heavy (non-hydrogen) atoms. The molecule has 3 rings (SSSR count). The molecule has 0 saturated carbocycles. The molecule has 1 saturated heterocycles. The molecule has 1 aromatic heterocycles. The first-order valence-corrected chi connectivity index (χ1v) is 7.87. The minimum Gasteiger partial charge on any atom is -0.371 e. The highest BCUT2D eigenvalue weighted by Gasteiger charge is 2.33. The second-order valence-electron chi connectivity index (χ2n) is 5.80. The molecule has 0 radical (unpaired) electrons. The molecule has 1 aliphatic rings. The van der Waals surface area contributed by atoms with Gasteiger partial charge < -0.3 is 10.1 Å². The van der Waals surface area contributed by atoms with Crippen LogP contribution in [0.3, 0.4) is 0 Å². The maximum Gasteiger partial charge on any atom is 0.434 e. The van der Waals surface area contributed by atoms with Gasteiger partial charge >= 0.3 is 6.18 Å². The van der Waals surface area contributed by atoms with Crippen molar-refractivity contribution in [3.63, 3.8) is 0 Å². The van der Waals surface area contributed by atoms with Crippen LogP contribution in [-0.4, -0.2) is 35.4 Å². The third kappa shape index (κ3) is 4.23. The zero-order valence-electron chi connectivity index (χ0n) is 13.5. The third-order valence-electron chi connectivity index (χ3n) is 3.93. The maximum absolute atomic E-state index is 14.3. The van der Waals surface area contributed by atoms with E-state index < -0.39 is 29.6 Å². The summed E-state index contributed by atoms with van der Waals surface area (Å²) in [5.74, 6) is -1.04. The van der Waals surface area contributed by atoms with Gasteiger partial charge in [0.05, 0.1) is 25.1 Å². The van der Waals surface area contributed by atoms with E-state index in [0.717, 1.165) is 6.20 Å². The lowest BCUT2D eigenvalue weighted by atomic mass is 10.0. The van der Waals surface area contributed by atoms with Crippen LogP contribution >= 0.6 is 0 Å². The smallest absolute Gasteiger partial charge is 0.371 e. The summed E-state index contributed by atoms with van der Waals surface area (Å²) in [4.78, 5) is 18.8. The molecule has 0 unspecified atom stereocenters. The molecule has 1 atom stereocenters. The molecule has 9 heteroatoms. The van der Waals surface area contributed by atoms with Gasteiger partial charge in [-0.1, -0.05) is 12.1 Å². The number of hydrogen-bond acceptors (Lipinski definition) is 5. The molecule has 2 heterocycles. The molecular weight excluding hydrogens is 354 g/mol. The summed E-state index contributed by atoms with van der Waals surface area (Å²) >= 11 is 0. The van der Waals surface area contributed by atoms with Crippen LogP contribution in [0.25, 0.3) is 0 Å². The lowest BCUT2D eigenvalue weighted by Crippen LogP contribution is -2.33. The first-order valence-electron chi connectivity index (χ1n) is 7.87. The third-order valence-corrected chi connectivity index (χ3v) is 3.93. The van der Waals surface area contributed by atoms with Crippen LogP contribution in [0, 0.1) is 5.82 Å². The molecule has 1 fully saturated rings. The number of nitrogens with one attached hydrogen (secondary N) is 1. The van der Waals surface area contributed by atoms with E-state index in [-0.39, 0.29) is 12.1 Å². The van der Waals surface area contributed by atoms with Crippen LogP contribution in [0.1, 0.15) is 33.4 Å². The molecule has 1 aromatic carbocycles. The van der Waals surface area contributed by atoms with Gasteiger partial charge in [0.15, 0.2) is 11.5 Å². The van der Waals surface area contributed by atoms with E-state index >= 15 is 0 Å². The molecule has 0 bridgehead atoms. The Balaban J connectivity index is 1.70. The highest BCUT2D eigenvalue weighted by molar-refractivity contribution is 5.95. The number of rotatable bonds is 4. The van der Waals surface area contributed by atoms with Crippen molar-refractivity contribution >= 4 is 5.78 Å². The predicted molar refractivity (Wildman–Crippen MR) is 83.0 cm³/mol. The summed E-state index contributed by atoms with van der Waals surface area (Å²) in [5, 5.41) is 3.10. The van der Waals surface area contributed by atoms with Crippen molar-refractivity contribution < 1.29 is 27.1 Å². The van der Waals surface area contributed by atoms with E-state index in [0.29, 0.717) is 37.0 Å². The zero-order valence-corrected chi connectivity index (χ0v) is 13.5. The number of morpholine rings is 1. The second-order valence-corrected chi connectivity index (χ2v) is 5.80. The lowest BCUT2D eigenvalue weighted by molar-refractivity contribution is -0.141. The Morgan fingerprint density at radius 3 is 2.65 bits per heavy atom. The van der Waals surface area contributed by atoms with Gasteiger partial charge in [-0.15, -0.1) is 0 Å². The monoisotopic (exact) mass is 369 g/mol. The average Bonchev–Trinajstić information content (AvgIpc) is 2.62. The van der Waals surface area contributed by atoms with Gasteiger partial charge in [-0.3, -0.25) is 4.79 Å². The highest BCUT2D eigenvalue weighted by atomic mass is 19.4. The van der Waals surface area contributed by atoms with Crippen LogP contribution < -0.4 is 5.32 Å². The van der Waals surface area contributed by atoms with Gasteiger partial charge in [0.2, 0.25) is 0 Å². The largest absolute Gasteiger partial charge is 0.434 e. The fraction of sp³-hybridized carbons (Fsp3) is 0.353. The van der Waals surface area contributed by atoms with E-state index in [9.17, 15) is 22.4 Å². The summed E-state index contributed by atoms with van der Waals surface area (Å²) in [6.07, 6.45) is -3.93. The van der Waals surface area contributed by atoms with E-state index in [1.54, 1.807) is 12.1 Å². The quantitative estimate of drug-likeness (QED) is 0.663. The Bertz CT molecular complexity index is 788. The number of aromatic nitrogens is 2. The standard InChI is InChI=1S/C17H15F4N3O2/c18-12-5-10(1-2-11(12)15-8-22-3-4-26-15)6-14(25)13-7-24-16(9-23-13)17(19,20)21/h1-2,5,7,9,15,22H,3-4,6,8H2/t15-/m0/s1. The number of benzene rings is 1. The molecule has 138 valence electrons. The maximum atomic E-state index is 14.3. The van der Waals surface area contributed by atoms with Crippen LogP contribution in [0.2, 0.25) is 0 Å². The van der Waals surface area contributed by atoms with E-state index in [1.165, 1.54) is 6.07 Å². The molecule has 0 aliphatic carbocycles. The molecule has 0 amide bonds. The van der Waals surface area contributed by atoms with Crippen molar-refractivity contribution in [2.45, 2.75) is 18.7 Å². The van der Waals surface area contributed by atoms with E-state index in [2.05, 4.69) is 15.3 Å². The van der Waals surface area contributed by atoms with Gasteiger partial charge in [0.1, 0.15) is 11.5 Å². The van der Waals surface area contributed by atoms with Crippen LogP contribution in [-0.2, 0) is 17.3 Å². The minimum absolute atomic E-state index is 0.193. The lowest BCUT2D eigenvalue weighted by Gasteiger charge is -2.24. The molecule has 2 aromatic rings. The number of Topliss-reactive ketones (excluding diaryl/α,β-unsaturated/α-hetero) is 1. The van der Waals surface area contributed by atoms with E-state index in [4.69, 9.17) is 4.74 Å². The Hall–Kier alpha value is -2.39.